The summed E-state index contributed by atoms with van der Waals surface area (Å²) >= 11 is 7.39. The fraction of sp³-hybridized carbons (Fsp3) is 0.540. The topological polar surface area (TPSA) is 68.2 Å². The molecule has 0 amide bonds. The van der Waals surface area contributed by atoms with Crippen LogP contribution < -0.4 is 4.90 Å². The fourth-order valence-corrected chi connectivity index (χ4v) is 8.77. The van der Waals surface area contributed by atoms with E-state index in [4.69, 9.17) is 26.1 Å². The number of nitrogens with zero attached hydrogens (tertiary/aromatic N) is 2. The average Bonchev–Trinajstić information content (AvgIpc) is 3.59. The lowest BCUT2D eigenvalue weighted by atomic mass is 9.77. The molecule has 2 aliphatic heterocycles. The number of halogens is 1. The molecule has 2 aromatic rings. The second kappa shape index (κ2) is 21.2. The molecule has 0 bridgehead atoms. The lowest BCUT2D eigenvalue weighted by Gasteiger charge is -2.27. The summed E-state index contributed by atoms with van der Waals surface area (Å²) in [6, 6.07) is 17.2. The average molecular weight is 796 g/mol. The van der Waals surface area contributed by atoms with Crippen molar-refractivity contribution in [1.82, 2.24) is 0 Å². The summed E-state index contributed by atoms with van der Waals surface area (Å²) in [5.41, 5.74) is 10.5. The van der Waals surface area contributed by atoms with Gasteiger partial charge in [-0.05, 0) is 110 Å². The first-order valence-electron chi connectivity index (χ1n) is 21.9. The molecule has 0 saturated heterocycles. The van der Waals surface area contributed by atoms with Crippen molar-refractivity contribution in [3.63, 3.8) is 0 Å². The number of allylic oxidation sites excluding steroid dienone is 8. The van der Waals surface area contributed by atoms with Crippen molar-refractivity contribution in [2.75, 3.05) is 24.7 Å². The van der Waals surface area contributed by atoms with Crippen molar-refractivity contribution in [3.8, 4) is 0 Å². The van der Waals surface area contributed by atoms with E-state index in [9.17, 15) is 9.59 Å². The van der Waals surface area contributed by atoms with Gasteiger partial charge in [0.1, 0.15) is 0 Å². The third kappa shape index (κ3) is 11.4. The zero-order valence-corrected chi connectivity index (χ0v) is 36.4. The lowest BCUT2D eigenvalue weighted by Crippen LogP contribution is -2.27. The lowest BCUT2D eigenvalue weighted by molar-refractivity contribution is -0.144. The minimum atomic E-state index is -0.221. The molecular formula is C50H67ClN2O4. The SMILES string of the molecule is CCCCOC(=O)CCCCCC(=CC1=C(Cl)/C(=C/C=C2/N(CCCCCC(=O)OCCCC)c3ccccc3C2(C)C)CCC1)C1=Nc2ccccc2C1(C)C. The van der Waals surface area contributed by atoms with Crippen LogP contribution in [0.15, 0.2) is 99.2 Å². The number of anilines is 1. The number of ether oxygens (including phenoxy) is 2. The number of benzene rings is 2. The molecule has 0 saturated carbocycles. The Hall–Kier alpha value is -3.90. The van der Waals surface area contributed by atoms with Crippen LogP contribution in [0.25, 0.3) is 0 Å². The minimum absolute atomic E-state index is 0.0798. The van der Waals surface area contributed by atoms with Gasteiger partial charge in [-0.3, -0.25) is 14.6 Å². The van der Waals surface area contributed by atoms with Gasteiger partial charge < -0.3 is 14.4 Å². The van der Waals surface area contributed by atoms with Gasteiger partial charge in [-0.15, -0.1) is 0 Å². The number of para-hydroxylation sites is 2. The van der Waals surface area contributed by atoms with Crippen LogP contribution in [0.3, 0.4) is 0 Å². The Morgan fingerprint density at radius 2 is 1.35 bits per heavy atom. The van der Waals surface area contributed by atoms with E-state index in [1.54, 1.807) is 0 Å². The molecule has 0 N–H and O–H groups in total. The molecule has 0 spiro atoms. The summed E-state index contributed by atoms with van der Waals surface area (Å²) in [4.78, 5) is 32.1. The number of esters is 2. The molecule has 2 aromatic carbocycles. The van der Waals surface area contributed by atoms with E-state index in [0.717, 1.165) is 113 Å². The van der Waals surface area contributed by atoms with Crippen molar-refractivity contribution in [2.24, 2.45) is 4.99 Å². The van der Waals surface area contributed by atoms with Crippen molar-refractivity contribution in [3.05, 3.63) is 105 Å². The second-order valence-corrected chi connectivity index (χ2v) is 17.4. The molecule has 1 aliphatic carbocycles. The van der Waals surface area contributed by atoms with Crippen molar-refractivity contribution in [2.45, 2.75) is 155 Å². The highest BCUT2D eigenvalue weighted by molar-refractivity contribution is 6.32. The van der Waals surface area contributed by atoms with Gasteiger partial charge >= 0.3 is 11.9 Å². The molecule has 0 aromatic heterocycles. The highest BCUT2D eigenvalue weighted by Gasteiger charge is 2.40. The number of carbonyl (C=O) groups excluding carboxylic acids is 2. The predicted molar refractivity (Wildman–Crippen MR) is 238 cm³/mol. The normalized spacial score (nSPS) is 18.5. The molecule has 5 rings (SSSR count). The first-order chi connectivity index (χ1) is 27.5. The molecule has 0 unspecified atom stereocenters. The summed E-state index contributed by atoms with van der Waals surface area (Å²) < 4.78 is 10.8. The van der Waals surface area contributed by atoms with E-state index in [2.05, 4.69) is 113 Å². The number of carbonyl (C=O) groups is 2. The Labute approximate surface area is 348 Å². The van der Waals surface area contributed by atoms with Gasteiger partial charge in [0, 0.05) is 46.6 Å². The fourth-order valence-electron chi connectivity index (χ4n) is 8.46. The largest absolute Gasteiger partial charge is 0.466 e. The number of aliphatic imine (C=N–C) groups is 1. The molecule has 0 radical (unpaired) electrons. The zero-order chi connectivity index (χ0) is 40.8. The van der Waals surface area contributed by atoms with Crippen molar-refractivity contribution < 1.29 is 19.1 Å². The molecule has 6 nitrogen and oxygen atoms in total. The van der Waals surface area contributed by atoms with E-state index < -0.39 is 0 Å². The van der Waals surface area contributed by atoms with E-state index in [1.807, 2.05) is 0 Å². The highest BCUT2D eigenvalue weighted by atomic mass is 35.5. The Morgan fingerprint density at radius 1 is 0.737 bits per heavy atom. The first kappa shape index (κ1) is 44.2. The number of unbranched alkanes of at least 4 members (excludes halogenated alkanes) is 6. The molecule has 2 heterocycles. The third-order valence-electron chi connectivity index (χ3n) is 11.9. The van der Waals surface area contributed by atoms with Crippen LogP contribution in [-0.4, -0.2) is 37.4 Å². The minimum Gasteiger partial charge on any atom is -0.466 e. The van der Waals surface area contributed by atoms with Gasteiger partial charge in [0.2, 0.25) is 0 Å². The van der Waals surface area contributed by atoms with Gasteiger partial charge in [-0.25, -0.2) is 0 Å². The Bertz CT molecular complexity index is 1860. The monoisotopic (exact) mass is 794 g/mol. The number of hydrogen-bond acceptors (Lipinski definition) is 6. The second-order valence-electron chi connectivity index (χ2n) is 17.0. The van der Waals surface area contributed by atoms with Crippen LogP contribution in [0.2, 0.25) is 0 Å². The predicted octanol–water partition coefficient (Wildman–Crippen LogP) is 13.5. The summed E-state index contributed by atoms with van der Waals surface area (Å²) in [7, 11) is 0. The summed E-state index contributed by atoms with van der Waals surface area (Å²) in [6.45, 7) is 15.3. The quantitative estimate of drug-likeness (QED) is 0.0930. The standard InChI is InChI=1S/C50H67ClN2O4/c1-7-9-34-56-45(54)29-14-11-13-22-39(48-50(5,6)40-25-16-18-27-42(40)52-48)36-38-24-21-23-37(47(38)51)31-32-44-49(3,4)41-26-17-19-28-43(41)53(44)33-20-12-15-30-46(55)57-35-10-8-2/h16-19,25-28,31-32,36H,7-15,20-24,29-30,33-35H2,1-6H3/b37-31+,39-36?,44-32+. The maximum atomic E-state index is 12.2. The third-order valence-corrected chi connectivity index (χ3v) is 12.3. The summed E-state index contributed by atoms with van der Waals surface area (Å²) in [6.07, 6.45) is 21.1. The molecule has 0 fully saturated rings. The van der Waals surface area contributed by atoms with Crippen LogP contribution >= 0.6 is 11.6 Å². The van der Waals surface area contributed by atoms with Gasteiger partial charge in [0.05, 0.1) is 24.6 Å². The van der Waals surface area contributed by atoms with Crippen molar-refractivity contribution in [1.29, 1.82) is 0 Å². The first-order valence-corrected chi connectivity index (χ1v) is 22.2. The van der Waals surface area contributed by atoms with Gasteiger partial charge in [0.25, 0.3) is 0 Å². The van der Waals surface area contributed by atoms with Gasteiger partial charge in [-0.1, -0.05) is 127 Å². The van der Waals surface area contributed by atoms with Crippen LogP contribution in [0.4, 0.5) is 11.4 Å². The van der Waals surface area contributed by atoms with Gasteiger partial charge in [-0.2, -0.15) is 0 Å². The number of hydrogen-bond donors (Lipinski definition) is 0. The highest BCUT2D eigenvalue weighted by Crippen LogP contribution is 2.48. The molecular weight excluding hydrogens is 728 g/mol. The van der Waals surface area contributed by atoms with E-state index in [-0.39, 0.29) is 22.8 Å². The molecule has 57 heavy (non-hydrogen) atoms. The van der Waals surface area contributed by atoms with Crippen LogP contribution in [0.5, 0.6) is 0 Å². The Kier molecular flexibility index (Phi) is 16.4. The maximum absolute atomic E-state index is 12.2. The summed E-state index contributed by atoms with van der Waals surface area (Å²) in [5, 5.41) is 0.852. The van der Waals surface area contributed by atoms with E-state index in [0.29, 0.717) is 26.1 Å². The summed E-state index contributed by atoms with van der Waals surface area (Å²) in [5.74, 6) is -0.169. The van der Waals surface area contributed by atoms with Crippen LogP contribution in [0.1, 0.15) is 155 Å². The zero-order valence-electron chi connectivity index (χ0n) is 35.7. The smallest absolute Gasteiger partial charge is 0.305 e. The van der Waals surface area contributed by atoms with Crippen LogP contribution in [-0.2, 0) is 29.9 Å². The van der Waals surface area contributed by atoms with Crippen molar-refractivity contribution >= 4 is 40.6 Å². The Morgan fingerprint density at radius 3 is 2.02 bits per heavy atom. The molecule has 7 heteroatoms. The molecule has 308 valence electrons. The number of rotatable bonds is 21. The molecule has 0 atom stereocenters. The van der Waals surface area contributed by atoms with E-state index >= 15 is 0 Å². The Balaban J connectivity index is 1.35. The number of fused-ring (bicyclic) bond motifs is 2. The van der Waals surface area contributed by atoms with Crippen LogP contribution in [0, 0.1) is 0 Å². The van der Waals surface area contributed by atoms with Gasteiger partial charge in [0.15, 0.2) is 0 Å². The maximum Gasteiger partial charge on any atom is 0.305 e. The van der Waals surface area contributed by atoms with E-state index in [1.165, 1.54) is 39.2 Å². The molecule has 3 aliphatic rings.